The van der Waals surface area contributed by atoms with Crippen molar-refractivity contribution in [3.8, 4) is 0 Å². The van der Waals surface area contributed by atoms with E-state index in [-0.39, 0.29) is 11.4 Å². The number of carbonyl (C=O) groups is 1. The highest BCUT2D eigenvalue weighted by atomic mass is 19.1. The average molecular weight is 283 g/mol. The molecule has 0 spiro atoms. The van der Waals surface area contributed by atoms with Crippen LogP contribution in [0.1, 0.15) is 12.8 Å². The summed E-state index contributed by atoms with van der Waals surface area (Å²) in [6.45, 7) is 0.735. The van der Waals surface area contributed by atoms with Gasteiger partial charge in [0.15, 0.2) is 5.82 Å². The third-order valence-electron chi connectivity index (χ3n) is 3.25. The maximum absolute atomic E-state index is 13.7. The highest BCUT2D eigenvalue weighted by Crippen LogP contribution is 2.24. The van der Waals surface area contributed by atoms with Gasteiger partial charge in [-0.15, -0.1) is 0 Å². The molecule has 1 aliphatic heterocycles. The lowest BCUT2D eigenvalue weighted by Crippen LogP contribution is -2.54. The summed E-state index contributed by atoms with van der Waals surface area (Å²) in [4.78, 5) is 21.9. The van der Waals surface area contributed by atoms with Crippen LogP contribution in [-0.4, -0.2) is 29.6 Å². The Morgan fingerprint density at radius 1 is 1.45 bits per heavy atom. The number of nitrogens with one attached hydrogen (secondary N) is 1. The van der Waals surface area contributed by atoms with Gasteiger partial charge in [0.25, 0.3) is 5.69 Å². The zero-order valence-electron chi connectivity index (χ0n) is 10.6. The van der Waals surface area contributed by atoms with E-state index in [4.69, 9.17) is 10.5 Å². The molecule has 1 aromatic carbocycles. The van der Waals surface area contributed by atoms with Crippen LogP contribution in [0, 0.1) is 15.9 Å². The van der Waals surface area contributed by atoms with E-state index in [0.717, 1.165) is 18.2 Å². The highest BCUT2D eigenvalue weighted by molar-refractivity contribution is 5.98. The summed E-state index contributed by atoms with van der Waals surface area (Å²) in [5.74, 6) is -1.39. The fourth-order valence-electron chi connectivity index (χ4n) is 1.93. The van der Waals surface area contributed by atoms with E-state index in [1.807, 2.05) is 0 Å². The molecule has 3 N–H and O–H groups in total. The number of anilines is 1. The topological polar surface area (TPSA) is 107 Å². The van der Waals surface area contributed by atoms with Crippen molar-refractivity contribution in [2.75, 3.05) is 18.5 Å². The third-order valence-corrected chi connectivity index (χ3v) is 3.25. The van der Waals surface area contributed by atoms with Crippen molar-refractivity contribution >= 4 is 17.3 Å². The van der Waals surface area contributed by atoms with Gasteiger partial charge in [-0.1, -0.05) is 0 Å². The first-order valence-corrected chi connectivity index (χ1v) is 6.04. The Kier molecular flexibility index (Phi) is 3.96. The number of nitrogens with zero attached hydrogens (tertiary/aromatic N) is 1. The van der Waals surface area contributed by atoms with Crippen molar-refractivity contribution in [1.29, 1.82) is 0 Å². The minimum Gasteiger partial charge on any atom is -0.381 e. The molecule has 0 radical (unpaired) electrons. The Morgan fingerprint density at radius 2 is 2.10 bits per heavy atom. The number of carbonyl (C=O) groups excluding carboxylic acids is 1. The van der Waals surface area contributed by atoms with E-state index in [2.05, 4.69) is 5.32 Å². The molecular weight excluding hydrogens is 269 g/mol. The number of hydrogen-bond acceptors (Lipinski definition) is 5. The molecule has 0 atom stereocenters. The van der Waals surface area contributed by atoms with Crippen molar-refractivity contribution in [3.05, 3.63) is 34.1 Å². The molecule has 0 aromatic heterocycles. The number of nitro groups is 1. The molecule has 0 bridgehead atoms. The number of nitrogens with two attached hydrogens (primary N) is 1. The molecule has 8 heteroatoms. The number of amides is 1. The first-order valence-electron chi connectivity index (χ1n) is 6.04. The summed E-state index contributed by atoms with van der Waals surface area (Å²) in [7, 11) is 0. The largest absolute Gasteiger partial charge is 0.381 e. The Balaban J connectivity index is 2.13. The standard InChI is InChI=1S/C12H14FN3O4/c13-9-7-8(16(18)19)1-2-10(9)15-11(17)12(14)3-5-20-6-4-12/h1-2,7H,3-6,14H2,(H,15,17). The Bertz CT molecular complexity index is 544. The van der Waals surface area contributed by atoms with Crippen LogP contribution in [-0.2, 0) is 9.53 Å². The van der Waals surface area contributed by atoms with Crippen LogP contribution in [0.4, 0.5) is 15.8 Å². The van der Waals surface area contributed by atoms with E-state index in [0.29, 0.717) is 26.1 Å². The van der Waals surface area contributed by atoms with Crippen LogP contribution in [0.2, 0.25) is 0 Å². The van der Waals surface area contributed by atoms with Crippen molar-refractivity contribution in [1.82, 2.24) is 0 Å². The van der Waals surface area contributed by atoms with Gasteiger partial charge in [0.1, 0.15) is 5.54 Å². The van der Waals surface area contributed by atoms with Crippen molar-refractivity contribution in [2.24, 2.45) is 5.73 Å². The summed E-state index contributed by atoms with van der Waals surface area (Å²) in [5, 5.41) is 12.9. The Hall–Kier alpha value is -2.06. The summed E-state index contributed by atoms with van der Waals surface area (Å²) >= 11 is 0. The lowest BCUT2D eigenvalue weighted by Gasteiger charge is -2.31. The van der Waals surface area contributed by atoms with E-state index >= 15 is 0 Å². The van der Waals surface area contributed by atoms with Crippen LogP contribution in [0.25, 0.3) is 0 Å². The van der Waals surface area contributed by atoms with E-state index < -0.39 is 22.2 Å². The number of halogens is 1. The maximum atomic E-state index is 13.7. The normalized spacial score (nSPS) is 17.5. The van der Waals surface area contributed by atoms with Gasteiger partial charge in [0.2, 0.25) is 5.91 Å². The monoisotopic (exact) mass is 283 g/mol. The molecule has 7 nitrogen and oxygen atoms in total. The van der Waals surface area contributed by atoms with Crippen LogP contribution in [0.15, 0.2) is 18.2 Å². The van der Waals surface area contributed by atoms with Gasteiger partial charge in [0.05, 0.1) is 16.7 Å². The molecule has 1 amide bonds. The maximum Gasteiger partial charge on any atom is 0.272 e. The summed E-state index contributed by atoms with van der Waals surface area (Å²) in [6.07, 6.45) is 0.681. The van der Waals surface area contributed by atoms with Gasteiger partial charge in [0, 0.05) is 19.3 Å². The van der Waals surface area contributed by atoms with Gasteiger partial charge in [-0.3, -0.25) is 14.9 Å². The zero-order valence-corrected chi connectivity index (χ0v) is 10.6. The molecule has 0 unspecified atom stereocenters. The molecule has 1 saturated heterocycles. The number of hydrogen-bond donors (Lipinski definition) is 2. The van der Waals surface area contributed by atoms with Crippen molar-refractivity contribution in [3.63, 3.8) is 0 Å². The van der Waals surface area contributed by atoms with Gasteiger partial charge < -0.3 is 15.8 Å². The predicted octanol–water partition coefficient (Wildman–Crippen LogP) is 1.18. The van der Waals surface area contributed by atoms with Crippen LogP contribution >= 0.6 is 0 Å². The van der Waals surface area contributed by atoms with Gasteiger partial charge in [-0.05, 0) is 18.9 Å². The van der Waals surface area contributed by atoms with E-state index in [9.17, 15) is 19.3 Å². The zero-order chi connectivity index (χ0) is 14.8. The van der Waals surface area contributed by atoms with E-state index in [1.165, 1.54) is 0 Å². The van der Waals surface area contributed by atoms with Crippen LogP contribution in [0.5, 0.6) is 0 Å². The highest BCUT2D eigenvalue weighted by Gasteiger charge is 2.36. The van der Waals surface area contributed by atoms with Gasteiger partial charge in [-0.25, -0.2) is 4.39 Å². The summed E-state index contributed by atoms with van der Waals surface area (Å²) < 4.78 is 18.8. The fraction of sp³-hybridized carbons (Fsp3) is 0.417. The van der Waals surface area contributed by atoms with Crippen molar-refractivity contribution in [2.45, 2.75) is 18.4 Å². The second kappa shape index (κ2) is 5.51. The predicted molar refractivity (Wildman–Crippen MR) is 68.7 cm³/mol. The summed E-state index contributed by atoms with van der Waals surface area (Å²) in [5.41, 5.74) is 4.34. The quantitative estimate of drug-likeness (QED) is 0.639. The fourth-order valence-corrected chi connectivity index (χ4v) is 1.93. The summed E-state index contributed by atoms with van der Waals surface area (Å²) in [6, 6.07) is 3.02. The molecule has 0 aliphatic carbocycles. The van der Waals surface area contributed by atoms with Crippen LogP contribution < -0.4 is 11.1 Å². The number of ether oxygens (including phenoxy) is 1. The average Bonchev–Trinajstić information content (AvgIpc) is 2.41. The third kappa shape index (κ3) is 2.91. The van der Waals surface area contributed by atoms with Gasteiger partial charge >= 0.3 is 0 Å². The number of non-ortho nitro benzene ring substituents is 1. The molecule has 1 aliphatic rings. The Morgan fingerprint density at radius 3 is 2.65 bits per heavy atom. The lowest BCUT2D eigenvalue weighted by molar-refractivity contribution is -0.385. The molecule has 0 saturated carbocycles. The molecular formula is C12H14FN3O4. The molecule has 1 aromatic rings. The lowest BCUT2D eigenvalue weighted by atomic mass is 9.90. The molecule has 20 heavy (non-hydrogen) atoms. The smallest absolute Gasteiger partial charge is 0.272 e. The number of benzene rings is 1. The second-order valence-electron chi connectivity index (χ2n) is 4.64. The SMILES string of the molecule is NC1(C(=O)Nc2ccc([N+](=O)[O-])cc2F)CCOCC1. The van der Waals surface area contributed by atoms with Gasteiger partial charge in [-0.2, -0.15) is 0 Å². The van der Waals surface area contributed by atoms with Crippen LogP contribution in [0.3, 0.4) is 0 Å². The number of rotatable bonds is 3. The number of nitro benzene ring substituents is 1. The molecule has 108 valence electrons. The second-order valence-corrected chi connectivity index (χ2v) is 4.64. The molecule has 2 rings (SSSR count). The molecule has 1 heterocycles. The molecule has 1 fully saturated rings. The Labute approximate surface area is 114 Å². The minimum atomic E-state index is -1.10. The first kappa shape index (κ1) is 14.4. The van der Waals surface area contributed by atoms with Crippen molar-refractivity contribution < 1.29 is 18.8 Å². The first-order chi connectivity index (χ1) is 9.42. The van der Waals surface area contributed by atoms with E-state index in [1.54, 1.807) is 0 Å². The minimum absolute atomic E-state index is 0.128.